The molecule has 2 amide bonds. The van der Waals surface area contributed by atoms with Crippen molar-refractivity contribution < 1.29 is 15.2 Å². The fourth-order valence-corrected chi connectivity index (χ4v) is 0.534. The SMILES string of the molecule is C=CCN(O)C(=O)N(O)CC=C. The summed E-state index contributed by atoms with van der Waals surface area (Å²) in [6.07, 6.45) is 2.67. The molecule has 0 aliphatic rings. The van der Waals surface area contributed by atoms with Crippen molar-refractivity contribution in [2.24, 2.45) is 0 Å². The van der Waals surface area contributed by atoms with E-state index in [2.05, 4.69) is 13.2 Å². The molecule has 0 spiro atoms. The maximum absolute atomic E-state index is 10.9. The second-order valence-electron chi connectivity index (χ2n) is 2.02. The lowest BCUT2D eigenvalue weighted by Crippen LogP contribution is -2.39. The molecule has 0 rings (SSSR count). The molecule has 0 aromatic heterocycles. The first-order valence-electron chi connectivity index (χ1n) is 3.32. The average molecular weight is 172 g/mol. The number of urea groups is 1. The van der Waals surface area contributed by atoms with Crippen LogP contribution in [0.5, 0.6) is 0 Å². The third-order valence-electron chi connectivity index (χ3n) is 1.05. The lowest BCUT2D eigenvalue weighted by molar-refractivity contribution is -0.108. The summed E-state index contributed by atoms with van der Waals surface area (Å²) in [5.74, 6) is 0. The standard InChI is InChI=1S/C7H12N2O3/c1-3-5-8(11)7(10)9(12)6-4-2/h3-4,11-12H,1-2,5-6H2. The molecule has 0 saturated carbocycles. The van der Waals surface area contributed by atoms with Crippen molar-refractivity contribution in [3.8, 4) is 0 Å². The zero-order valence-corrected chi connectivity index (χ0v) is 6.68. The second kappa shape index (κ2) is 5.34. The van der Waals surface area contributed by atoms with E-state index < -0.39 is 6.03 Å². The molecule has 0 bridgehead atoms. The molecular formula is C7H12N2O3. The number of amides is 2. The normalized spacial score (nSPS) is 8.83. The summed E-state index contributed by atoms with van der Waals surface area (Å²) in [7, 11) is 0. The summed E-state index contributed by atoms with van der Waals surface area (Å²) in [4.78, 5) is 10.9. The van der Waals surface area contributed by atoms with Gasteiger partial charge in [-0.3, -0.25) is 10.4 Å². The molecule has 5 heteroatoms. The van der Waals surface area contributed by atoms with Crippen LogP contribution in [0.25, 0.3) is 0 Å². The van der Waals surface area contributed by atoms with Crippen LogP contribution in [-0.2, 0) is 0 Å². The monoisotopic (exact) mass is 172 g/mol. The van der Waals surface area contributed by atoms with E-state index in [0.717, 1.165) is 0 Å². The molecule has 5 nitrogen and oxygen atoms in total. The van der Waals surface area contributed by atoms with Crippen molar-refractivity contribution in [1.82, 2.24) is 10.1 Å². The van der Waals surface area contributed by atoms with Crippen molar-refractivity contribution in [3.05, 3.63) is 25.3 Å². The highest BCUT2D eigenvalue weighted by molar-refractivity contribution is 5.72. The van der Waals surface area contributed by atoms with Gasteiger partial charge in [-0.25, -0.2) is 14.9 Å². The van der Waals surface area contributed by atoms with E-state index >= 15 is 0 Å². The van der Waals surface area contributed by atoms with Gasteiger partial charge in [-0.05, 0) is 0 Å². The molecule has 0 radical (unpaired) electrons. The molecule has 2 N–H and O–H groups in total. The number of carbonyl (C=O) groups excluding carboxylic acids is 1. The lowest BCUT2D eigenvalue weighted by Gasteiger charge is -2.18. The van der Waals surface area contributed by atoms with Gasteiger partial charge < -0.3 is 0 Å². The summed E-state index contributed by atoms with van der Waals surface area (Å²) >= 11 is 0. The third kappa shape index (κ3) is 3.18. The zero-order valence-electron chi connectivity index (χ0n) is 6.68. The minimum Gasteiger partial charge on any atom is -0.284 e. The number of nitrogens with zero attached hydrogens (tertiary/aromatic N) is 2. The van der Waals surface area contributed by atoms with Crippen LogP contribution in [0, 0.1) is 0 Å². The molecule has 0 aromatic rings. The minimum atomic E-state index is -0.908. The number of hydrogen-bond donors (Lipinski definition) is 2. The second-order valence-corrected chi connectivity index (χ2v) is 2.02. The van der Waals surface area contributed by atoms with Crippen LogP contribution in [0.1, 0.15) is 0 Å². The first-order chi connectivity index (χ1) is 5.63. The van der Waals surface area contributed by atoms with Gasteiger partial charge >= 0.3 is 6.03 Å². The highest BCUT2D eigenvalue weighted by Gasteiger charge is 2.14. The van der Waals surface area contributed by atoms with Crippen LogP contribution in [0.2, 0.25) is 0 Å². The van der Waals surface area contributed by atoms with Crippen LogP contribution < -0.4 is 0 Å². The van der Waals surface area contributed by atoms with Gasteiger partial charge in [0.15, 0.2) is 0 Å². The molecular weight excluding hydrogens is 160 g/mol. The molecule has 0 fully saturated rings. The summed E-state index contributed by atoms with van der Waals surface area (Å²) in [5, 5.41) is 18.5. The molecule has 68 valence electrons. The molecule has 0 atom stereocenters. The van der Waals surface area contributed by atoms with Gasteiger partial charge in [0.05, 0.1) is 13.1 Å². The Morgan fingerprint density at radius 2 is 1.50 bits per heavy atom. The smallest absolute Gasteiger partial charge is 0.284 e. The van der Waals surface area contributed by atoms with Gasteiger partial charge in [0, 0.05) is 0 Å². The first-order valence-corrected chi connectivity index (χ1v) is 3.32. The number of hydrogen-bond acceptors (Lipinski definition) is 3. The van der Waals surface area contributed by atoms with Gasteiger partial charge in [0.1, 0.15) is 0 Å². The fourth-order valence-electron chi connectivity index (χ4n) is 0.534. The number of rotatable bonds is 4. The summed E-state index contributed by atoms with van der Waals surface area (Å²) < 4.78 is 0. The quantitative estimate of drug-likeness (QED) is 0.375. The van der Waals surface area contributed by atoms with Gasteiger partial charge in [0.25, 0.3) is 0 Å². The van der Waals surface area contributed by atoms with Crippen molar-refractivity contribution in [2.45, 2.75) is 0 Å². The topological polar surface area (TPSA) is 64.0 Å². The Bertz CT molecular complexity index is 163. The summed E-state index contributed by atoms with van der Waals surface area (Å²) in [6.45, 7) is 6.56. The van der Waals surface area contributed by atoms with Crippen LogP contribution >= 0.6 is 0 Å². The Morgan fingerprint density at radius 3 is 1.75 bits per heavy atom. The predicted octanol–water partition coefficient (Wildman–Crippen LogP) is 0.861. The maximum atomic E-state index is 10.9. The molecule has 12 heavy (non-hydrogen) atoms. The van der Waals surface area contributed by atoms with Gasteiger partial charge in [-0.15, -0.1) is 13.2 Å². The van der Waals surface area contributed by atoms with Crippen molar-refractivity contribution >= 4 is 6.03 Å². The van der Waals surface area contributed by atoms with Crippen LogP contribution in [-0.4, -0.2) is 39.7 Å². The molecule has 0 aliphatic heterocycles. The Hall–Kier alpha value is -1.33. The Labute approximate surface area is 70.7 Å². The predicted molar refractivity (Wildman–Crippen MR) is 42.8 cm³/mol. The summed E-state index contributed by atoms with van der Waals surface area (Å²) in [6, 6.07) is -0.908. The lowest BCUT2D eigenvalue weighted by atomic mass is 10.6. The third-order valence-corrected chi connectivity index (χ3v) is 1.05. The van der Waals surface area contributed by atoms with Crippen molar-refractivity contribution in [1.29, 1.82) is 0 Å². The van der Waals surface area contributed by atoms with Crippen LogP contribution in [0.4, 0.5) is 4.79 Å². The maximum Gasteiger partial charge on any atom is 0.368 e. The zero-order chi connectivity index (χ0) is 9.56. The Balaban J connectivity index is 3.98. The Kier molecular flexibility index (Phi) is 4.75. The van der Waals surface area contributed by atoms with E-state index in [-0.39, 0.29) is 13.1 Å². The molecule has 0 heterocycles. The van der Waals surface area contributed by atoms with E-state index in [1.165, 1.54) is 12.2 Å². The highest BCUT2D eigenvalue weighted by atomic mass is 16.6. The largest absolute Gasteiger partial charge is 0.368 e. The fraction of sp³-hybridized carbons (Fsp3) is 0.286. The van der Waals surface area contributed by atoms with E-state index in [4.69, 9.17) is 10.4 Å². The first kappa shape index (κ1) is 10.7. The van der Waals surface area contributed by atoms with Crippen LogP contribution in [0.15, 0.2) is 25.3 Å². The molecule has 0 aromatic carbocycles. The highest BCUT2D eigenvalue weighted by Crippen LogP contribution is 1.92. The van der Waals surface area contributed by atoms with Crippen LogP contribution in [0.3, 0.4) is 0 Å². The summed E-state index contributed by atoms with van der Waals surface area (Å²) in [5.41, 5.74) is 0. The molecule has 0 unspecified atom stereocenters. The van der Waals surface area contributed by atoms with Crippen molar-refractivity contribution in [3.63, 3.8) is 0 Å². The molecule has 0 aliphatic carbocycles. The minimum absolute atomic E-state index is 0.0347. The van der Waals surface area contributed by atoms with E-state index in [1.54, 1.807) is 0 Å². The number of hydroxylamine groups is 4. The van der Waals surface area contributed by atoms with Crippen molar-refractivity contribution in [2.75, 3.05) is 13.1 Å². The Morgan fingerprint density at radius 1 is 1.17 bits per heavy atom. The van der Waals surface area contributed by atoms with E-state index in [1.807, 2.05) is 0 Å². The van der Waals surface area contributed by atoms with Gasteiger partial charge in [0.2, 0.25) is 0 Å². The van der Waals surface area contributed by atoms with Gasteiger partial charge in [-0.1, -0.05) is 12.2 Å². The number of carbonyl (C=O) groups is 1. The van der Waals surface area contributed by atoms with E-state index in [9.17, 15) is 4.79 Å². The molecule has 0 saturated heterocycles. The van der Waals surface area contributed by atoms with E-state index in [0.29, 0.717) is 10.1 Å². The van der Waals surface area contributed by atoms with Gasteiger partial charge in [-0.2, -0.15) is 0 Å². The average Bonchev–Trinajstić information content (AvgIpc) is 2.04.